The lowest BCUT2D eigenvalue weighted by Crippen LogP contribution is -2.10. The molecule has 0 N–H and O–H groups in total. The molecule has 0 nitrogen and oxygen atoms in total. The Morgan fingerprint density at radius 2 is 1.04 bits per heavy atom. The van der Waals surface area contributed by atoms with Crippen LogP contribution < -0.4 is 0 Å². The maximum Gasteiger partial charge on any atom is -0.0250 e. The van der Waals surface area contributed by atoms with Gasteiger partial charge in [-0.15, -0.1) is 0 Å². The summed E-state index contributed by atoms with van der Waals surface area (Å²) in [6, 6.07) is 13.8. The molecule has 2 aromatic rings. The predicted molar refractivity (Wildman–Crippen MR) is 105 cm³/mol. The normalized spacial score (nSPS) is 22.0. The first-order valence-electron chi connectivity index (χ1n) is 9.68. The first-order chi connectivity index (χ1) is 11.5. The smallest absolute Gasteiger partial charge is 0.0250 e. The highest BCUT2D eigenvalue weighted by atomic mass is 14.2. The first kappa shape index (κ1) is 17.3. The Morgan fingerprint density at radius 3 is 1.46 bits per heavy atom. The van der Waals surface area contributed by atoms with Crippen LogP contribution in [-0.4, -0.2) is 0 Å². The second-order valence-electron chi connectivity index (χ2n) is 8.24. The Hall–Kier alpha value is -1.56. The third-order valence-corrected chi connectivity index (χ3v) is 5.67. The van der Waals surface area contributed by atoms with Crippen molar-refractivity contribution in [1.82, 2.24) is 0 Å². The molecule has 4 rings (SSSR count). The van der Waals surface area contributed by atoms with Gasteiger partial charge in [0.1, 0.15) is 0 Å². The molecule has 0 amide bonds. The van der Waals surface area contributed by atoms with Gasteiger partial charge in [0.05, 0.1) is 0 Å². The predicted octanol–water partition coefficient (Wildman–Crippen LogP) is 6.24. The van der Waals surface area contributed by atoms with Gasteiger partial charge < -0.3 is 0 Å². The highest BCUT2D eigenvalue weighted by Crippen LogP contribution is 2.26. The van der Waals surface area contributed by atoms with Gasteiger partial charge in [-0.3, -0.25) is 0 Å². The summed E-state index contributed by atoms with van der Waals surface area (Å²) in [6.45, 7) is 9.06. The molecule has 2 unspecified atom stereocenters. The van der Waals surface area contributed by atoms with Gasteiger partial charge in [0.2, 0.25) is 0 Å². The molecular weight excluding hydrogens is 288 g/mol. The van der Waals surface area contributed by atoms with Gasteiger partial charge >= 0.3 is 0 Å². The van der Waals surface area contributed by atoms with E-state index in [1.165, 1.54) is 49.7 Å². The van der Waals surface area contributed by atoms with Crippen LogP contribution in [0.4, 0.5) is 0 Å². The summed E-state index contributed by atoms with van der Waals surface area (Å²) in [5.41, 5.74) is 9.16. The van der Waals surface area contributed by atoms with Crippen molar-refractivity contribution in [3.05, 3.63) is 69.8 Å². The molecular formula is C24H32. The third kappa shape index (κ3) is 4.29. The highest BCUT2D eigenvalue weighted by molar-refractivity contribution is 5.34. The van der Waals surface area contributed by atoms with Crippen LogP contribution in [0.1, 0.15) is 60.1 Å². The van der Waals surface area contributed by atoms with Crippen LogP contribution >= 0.6 is 0 Å². The molecule has 0 fully saturated rings. The van der Waals surface area contributed by atoms with Crippen LogP contribution in [0.5, 0.6) is 0 Å². The first-order valence-corrected chi connectivity index (χ1v) is 9.68. The maximum absolute atomic E-state index is 2.35. The monoisotopic (exact) mass is 320 g/mol. The Bertz CT molecular complexity index is 634. The summed E-state index contributed by atoms with van der Waals surface area (Å²) < 4.78 is 0. The third-order valence-electron chi connectivity index (χ3n) is 5.67. The molecule has 2 aromatic carbocycles. The van der Waals surface area contributed by atoms with Gasteiger partial charge in [-0.1, -0.05) is 61.4 Å². The number of hydrogen-bond donors (Lipinski definition) is 0. The standard InChI is InChI=1S/2C12H16/c2*1-9-3-5-12-8-10(2)4-6-11(12)7-9/h2*3,5,7,10H,4,6,8H2,1-2H3. The molecule has 0 bridgehead atoms. The molecule has 0 heteroatoms. The van der Waals surface area contributed by atoms with Crippen molar-refractivity contribution in [2.45, 2.75) is 66.2 Å². The average molecular weight is 321 g/mol. The number of benzene rings is 2. The highest BCUT2D eigenvalue weighted by Gasteiger charge is 2.15. The van der Waals surface area contributed by atoms with E-state index in [0.29, 0.717) is 0 Å². The number of hydrogen-bond acceptors (Lipinski definition) is 0. The number of rotatable bonds is 0. The molecule has 128 valence electrons. The zero-order valence-corrected chi connectivity index (χ0v) is 15.9. The van der Waals surface area contributed by atoms with E-state index in [0.717, 1.165) is 11.8 Å². The van der Waals surface area contributed by atoms with Crippen LogP contribution in [-0.2, 0) is 25.7 Å². The quantitative estimate of drug-likeness (QED) is 0.539. The van der Waals surface area contributed by atoms with Crippen LogP contribution in [0, 0.1) is 25.7 Å². The Balaban J connectivity index is 0.000000141. The minimum atomic E-state index is 0.889. The lowest BCUT2D eigenvalue weighted by Gasteiger charge is -2.21. The van der Waals surface area contributed by atoms with Gasteiger partial charge in [0.25, 0.3) is 0 Å². The van der Waals surface area contributed by atoms with Crippen molar-refractivity contribution in [2.75, 3.05) is 0 Å². The molecule has 24 heavy (non-hydrogen) atoms. The Morgan fingerprint density at radius 1 is 0.625 bits per heavy atom. The van der Waals surface area contributed by atoms with Crippen LogP contribution in [0.2, 0.25) is 0 Å². The van der Waals surface area contributed by atoms with Crippen molar-refractivity contribution in [2.24, 2.45) is 11.8 Å². The van der Waals surface area contributed by atoms with E-state index in [1.54, 1.807) is 22.3 Å². The molecule has 0 aliphatic heterocycles. The molecule has 2 aliphatic carbocycles. The van der Waals surface area contributed by atoms with Gasteiger partial charge in [-0.25, -0.2) is 0 Å². The maximum atomic E-state index is 2.35. The fourth-order valence-corrected chi connectivity index (χ4v) is 4.13. The summed E-state index contributed by atoms with van der Waals surface area (Å²) in [5.74, 6) is 1.78. The Labute approximate surface area is 148 Å². The van der Waals surface area contributed by atoms with Crippen LogP contribution in [0.3, 0.4) is 0 Å². The minimum Gasteiger partial charge on any atom is -0.0622 e. The SMILES string of the molecule is Cc1ccc2c(c1)CCC(C)C2.Cc1ccc2c(c1)CCC(C)C2. The van der Waals surface area contributed by atoms with E-state index in [1.807, 2.05) is 0 Å². The molecule has 2 atom stereocenters. The minimum absolute atomic E-state index is 0.889. The number of fused-ring (bicyclic) bond motifs is 2. The molecule has 0 spiro atoms. The Kier molecular flexibility index (Phi) is 5.43. The van der Waals surface area contributed by atoms with Gasteiger partial charge in [0.15, 0.2) is 0 Å². The van der Waals surface area contributed by atoms with Crippen molar-refractivity contribution in [3.8, 4) is 0 Å². The second kappa shape index (κ2) is 7.55. The van der Waals surface area contributed by atoms with E-state index in [2.05, 4.69) is 64.1 Å². The zero-order valence-electron chi connectivity index (χ0n) is 15.9. The van der Waals surface area contributed by atoms with E-state index in [4.69, 9.17) is 0 Å². The zero-order chi connectivity index (χ0) is 17.1. The molecule has 0 saturated carbocycles. The summed E-state index contributed by atoms with van der Waals surface area (Å²) >= 11 is 0. The molecule has 0 saturated heterocycles. The van der Waals surface area contributed by atoms with Crippen molar-refractivity contribution in [3.63, 3.8) is 0 Å². The molecule has 2 aliphatic rings. The van der Waals surface area contributed by atoms with Gasteiger partial charge in [0, 0.05) is 0 Å². The summed E-state index contributed by atoms with van der Waals surface area (Å²) in [7, 11) is 0. The van der Waals surface area contributed by atoms with Gasteiger partial charge in [-0.2, -0.15) is 0 Å². The van der Waals surface area contributed by atoms with E-state index < -0.39 is 0 Å². The number of aryl methyl sites for hydroxylation is 4. The van der Waals surface area contributed by atoms with Crippen molar-refractivity contribution >= 4 is 0 Å². The lowest BCUT2D eigenvalue weighted by atomic mass is 9.84. The fourth-order valence-electron chi connectivity index (χ4n) is 4.13. The van der Waals surface area contributed by atoms with Gasteiger partial charge in [-0.05, 0) is 86.5 Å². The van der Waals surface area contributed by atoms with E-state index in [9.17, 15) is 0 Å². The second-order valence-corrected chi connectivity index (χ2v) is 8.24. The van der Waals surface area contributed by atoms with Crippen LogP contribution in [0.25, 0.3) is 0 Å². The molecule has 0 radical (unpaired) electrons. The lowest BCUT2D eigenvalue weighted by molar-refractivity contribution is 0.501. The van der Waals surface area contributed by atoms with Crippen molar-refractivity contribution < 1.29 is 0 Å². The van der Waals surface area contributed by atoms with E-state index >= 15 is 0 Å². The molecule has 0 heterocycles. The van der Waals surface area contributed by atoms with Crippen LogP contribution in [0.15, 0.2) is 36.4 Å². The topological polar surface area (TPSA) is 0 Å². The fraction of sp³-hybridized carbons (Fsp3) is 0.500. The largest absolute Gasteiger partial charge is 0.0622 e. The summed E-state index contributed by atoms with van der Waals surface area (Å²) in [6.07, 6.45) is 7.90. The average Bonchev–Trinajstić information content (AvgIpc) is 2.56. The van der Waals surface area contributed by atoms with Crippen molar-refractivity contribution in [1.29, 1.82) is 0 Å². The molecule has 0 aromatic heterocycles. The van der Waals surface area contributed by atoms with E-state index in [-0.39, 0.29) is 0 Å². The summed E-state index contributed by atoms with van der Waals surface area (Å²) in [4.78, 5) is 0. The summed E-state index contributed by atoms with van der Waals surface area (Å²) in [5, 5.41) is 0.